The molecule has 0 heterocycles. The van der Waals surface area contributed by atoms with Crippen LogP contribution in [0.5, 0.6) is 0 Å². The van der Waals surface area contributed by atoms with E-state index >= 15 is 0 Å². The molecule has 0 saturated carbocycles. The molecule has 2 unspecified atom stereocenters. The molecule has 15 heavy (non-hydrogen) atoms. The van der Waals surface area contributed by atoms with Crippen LogP contribution >= 0.6 is 0 Å². The van der Waals surface area contributed by atoms with Gasteiger partial charge in [0.1, 0.15) is 5.78 Å². The van der Waals surface area contributed by atoms with E-state index in [-0.39, 0.29) is 11.7 Å². The van der Waals surface area contributed by atoms with Crippen molar-refractivity contribution >= 4 is 11.9 Å². The number of carbonyl (C=O) groups excluding carboxylic acids is 1. The molecule has 0 fully saturated rings. The molecule has 2 nitrogen and oxygen atoms in total. The third-order valence-corrected chi connectivity index (χ3v) is 2.63. The van der Waals surface area contributed by atoms with Crippen molar-refractivity contribution in [3.63, 3.8) is 0 Å². The minimum absolute atomic E-state index is 0.00435. The SMILES string of the molecule is C=Cc1ccc(C(O)C(C)C(C)=O)cc1. The van der Waals surface area contributed by atoms with E-state index in [9.17, 15) is 9.90 Å². The second kappa shape index (κ2) is 4.89. The zero-order chi connectivity index (χ0) is 11.4. The molecule has 1 N–H and O–H groups in total. The van der Waals surface area contributed by atoms with Gasteiger partial charge < -0.3 is 5.11 Å². The molecule has 0 amide bonds. The monoisotopic (exact) mass is 204 g/mol. The Morgan fingerprint density at radius 3 is 2.33 bits per heavy atom. The Kier molecular flexibility index (Phi) is 3.81. The lowest BCUT2D eigenvalue weighted by atomic mass is 9.94. The summed E-state index contributed by atoms with van der Waals surface area (Å²) in [5.74, 6) is -0.366. The van der Waals surface area contributed by atoms with Gasteiger partial charge in [-0.05, 0) is 18.1 Å². The molecule has 0 aliphatic heterocycles. The number of Topliss-reactive ketones (excluding diaryl/α,β-unsaturated/α-hetero) is 1. The molecule has 2 heteroatoms. The average Bonchev–Trinajstić information content (AvgIpc) is 2.27. The molecule has 1 rings (SSSR count). The molecule has 0 aliphatic carbocycles. The maximum absolute atomic E-state index is 11.1. The van der Waals surface area contributed by atoms with Crippen molar-refractivity contribution < 1.29 is 9.90 Å². The quantitative estimate of drug-likeness (QED) is 0.818. The molecule has 80 valence electrons. The number of benzene rings is 1. The van der Waals surface area contributed by atoms with Gasteiger partial charge in [0, 0.05) is 5.92 Å². The number of hydrogen-bond donors (Lipinski definition) is 1. The molecule has 0 radical (unpaired) electrons. The van der Waals surface area contributed by atoms with E-state index in [2.05, 4.69) is 6.58 Å². The molecule has 1 aromatic rings. The van der Waals surface area contributed by atoms with Crippen molar-refractivity contribution in [3.05, 3.63) is 42.0 Å². The lowest BCUT2D eigenvalue weighted by Gasteiger charge is -2.16. The predicted molar refractivity (Wildman–Crippen MR) is 61.3 cm³/mol. The Balaban J connectivity index is 2.86. The van der Waals surface area contributed by atoms with Crippen LogP contribution in [-0.2, 0) is 4.79 Å². The van der Waals surface area contributed by atoms with Crippen LogP contribution in [-0.4, -0.2) is 10.9 Å². The maximum Gasteiger partial charge on any atom is 0.135 e. The van der Waals surface area contributed by atoms with Crippen molar-refractivity contribution in [1.82, 2.24) is 0 Å². The van der Waals surface area contributed by atoms with E-state index in [4.69, 9.17) is 0 Å². The van der Waals surface area contributed by atoms with E-state index in [0.29, 0.717) is 0 Å². The van der Waals surface area contributed by atoms with Crippen molar-refractivity contribution in [2.24, 2.45) is 5.92 Å². The summed E-state index contributed by atoms with van der Waals surface area (Å²) >= 11 is 0. The van der Waals surface area contributed by atoms with Crippen LogP contribution in [0.1, 0.15) is 31.1 Å². The molecular weight excluding hydrogens is 188 g/mol. The Bertz CT molecular complexity index is 351. The molecule has 2 atom stereocenters. The fourth-order valence-corrected chi connectivity index (χ4v) is 1.34. The van der Waals surface area contributed by atoms with Crippen molar-refractivity contribution in [2.75, 3.05) is 0 Å². The zero-order valence-electron chi connectivity index (χ0n) is 9.10. The minimum atomic E-state index is -0.721. The van der Waals surface area contributed by atoms with E-state index in [1.54, 1.807) is 13.0 Å². The summed E-state index contributed by atoms with van der Waals surface area (Å²) in [4.78, 5) is 11.1. The van der Waals surface area contributed by atoms with Crippen LogP contribution in [0.4, 0.5) is 0 Å². The highest BCUT2D eigenvalue weighted by molar-refractivity contribution is 5.78. The van der Waals surface area contributed by atoms with E-state index in [1.807, 2.05) is 24.3 Å². The van der Waals surface area contributed by atoms with Gasteiger partial charge in [-0.3, -0.25) is 4.79 Å². The fraction of sp³-hybridized carbons (Fsp3) is 0.308. The Morgan fingerprint density at radius 2 is 1.93 bits per heavy atom. The Labute approximate surface area is 90.3 Å². The van der Waals surface area contributed by atoms with Crippen LogP contribution in [0.3, 0.4) is 0 Å². The minimum Gasteiger partial charge on any atom is -0.388 e. The number of aliphatic hydroxyl groups excluding tert-OH is 1. The standard InChI is InChI=1S/C13H16O2/c1-4-11-5-7-12(8-6-11)13(15)9(2)10(3)14/h4-9,13,15H,1H2,2-3H3. The van der Waals surface area contributed by atoms with Crippen LogP contribution in [0.25, 0.3) is 6.08 Å². The first-order chi connectivity index (χ1) is 7.06. The summed E-state index contributed by atoms with van der Waals surface area (Å²) in [5.41, 5.74) is 1.77. The zero-order valence-corrected chi connectivity index (χ0v) is 9.10. The number of rotatable bonds is 4. The molecule has 0 saturated heterocycles. The highest BCUT2D eigenvalue weighted by Gasteiger charge is 2.19. The lowest BCUT2D eigenvalue weighted by Crippen LogP contribution is -2.16. The summed E-state index contributed by atoms with van der Waals surface area (Å²) in [6.07, 6.45) is 1.02. The van der Waals surface area contributed by atoms with Crippen molar-refractivity contribution in [3.8, 4) is 0 Å². The first kappa shape index (κ1) is 11.7. The van der Waals surface area contributed by atoms with Gasteiger partial charge in [0.15, 0.2) is 0 Å². The number of hydrogen-bond acceptors (Lipinski definition) is 2. The number of aliphatic hydroxyl groups is 1. The van der Waals surface area contributed by atoms with Gasteiger partial charge in [0.2, 0.25) is 0 Å². The van der Waals surface area contributed by atoms with Gasteiger partial charge in [-0.25, -0.2) is 0 Å². The third-order valence-electron chi connectivity index (χ3n) is 2.63. The van der Waals surface area contributed by atoms with Gasteiger partial charge in [0.05, 0.1) is 6.10 Å². The van der Waals surface area contributed by atoms with Crippen molar-refractivity contribution in [1.29, 1.82) is 0 Å². The van der Waals surface area contributed by atoms with E-state index in [0.717, 1.165) is 11.1 Å². The summed E-state index contributed by atoms with van der Waals surface area (Å²) < 4.78 is 0. The average molecular weight is 204 g/mol. The molecular formula is C13H16O2. The second-order valence-corrected chi connectivity index (χ2v) is 3.71. The van der Waals surface area contributed by atoms with Gasteiger partial charge in [-0.15, -0.1) is 0 Å². The summed E-state index contributed by atoms with van der Waals surface area (Å²) in [5, 5.41) is 9.88. The Morgan fingerprint density at radius 1 is 1.40 bits per heavy atom. The summed E-state index contributed by atoms with van der Waals surface area (Å²) in [6.45, 7) is 6.87. The Hall–Kier alpha value is -1.41. The van der Waals surface area contributed by atoms with Crippen LogP contribution < -0.4 is 0 Å². The molecule has 0 spiro atoms. The predicted octanol–water partition coefficient (Wildman–Crippen LogP) is 2.59. The third kappa shape index (κ3) is 2.77. The normalized spacial score (nSPS) is 14.3. The molecule has 0 aliphatic rings. The van der Waals surface area contributed by atoms with Gasteiger partial charge >= 0.3 is 0 Å². The highest BCUT2D eigenvalue weighted by atomic mass is 16.3. The summed E-state index contributed by atoms with van der Waals surface area (Å²) in [6, 6.07) is 7.39. The topological polar surface area (TPSA) is 37.3 Å². The fourth-order valence-electron chi connectivity index (χ4n) is 1.34. The van der Waals surface area contributed by atoms with Gasteiger partial charge in [-0.2, -0.15) is 0 Å². The van der Waals surface area contributed by atoms with Gasteiger partial charge in [0.25, 0.3) is 0 Å². The first-order valence-corrected chi connectivity index (χ1v) is 4.97. The van der Waals surface area contributed by atoms with Crippen LogP contribution in [0.15, 0.2) is 30.8 Å². The largest absolute Gasteiger partial charge is 0.388 e. The number of ketones is 1. The smallest absolute Gasteiger partial charge is 0.135 e. The molecule has 0 aromatic heterocycles. The van der Waals surface area contributed by atoms with Gasteiger partial charge in [-0.1, -0.05) is 43.8 Å². The second-order valence-electron chi connectivity index (χ2n) is 3.71. The summed E-state index contributed by atoms with van der Waals surface area (Å²) in [7, 11) is 0. The molecule has 0 bridgehead atoms. The number of carbonyl (C=O) groups is 1. The van der Waals surface area contributed by atoms with Crippen LogP contribution in [0.2, 0.25) is 0 Å². The van der Waals surface area contributed by atoms with E-state index in [1.165, 1.54) is 6.92 Å². The molecule has 1 aromatic carbocycles. The van der Waals surface area contributed by atoms with Crippen LogP contribution in [0, 0.1) is 5.92 Å². The first-order valence-electron chi connectivity index (χ1n) is 4.97. The lowest BCUT2D eigenvalue weighted by molar-refractivity contribution is -0.123. The van der Waals surface area contributed by atoms with E-state index < -0.39 is 6.10 Å². The maximum atomic E-state index is 11.1. The highest BCUT2D eigenvalue weighted by Crippen LogP contribution is 2.22. The van der Waals surface area contributed by atoms with Crippen molar-refractivity contribution in [2.45, 2.75) is 20.0 Å².